The fraction of sp³-hybridized carbons (Fsp3) is 0.571. The molecule has 1 rings (SSSR count). The van der Waals surface area contributed by atoms with E-state index in [-0.39, 0.29) is 12.1 Å². The van der Waals surface area contributed by atoms with Gasteiger partial charge in [-0.25, -0.2) is 0 Å². The molecule has 0 saturated heterocycles. The monoisotopic (exact) mass is 246 g/mol. The molecule has 2 N–H and O–H groups in total. The van der Waals surface area contributed by atoms with Crippen molar-refractivity contribution in [2.45, 2.75) is 45.3 Å². The summed E-state index contributed by atoms with van der Waals surface area (Å²) in [7, 11) is 0. The number of hydrogen-bond acceptors (Lipinski definition) is 4. The Morgan fingerprint density at radius 1 is 1.33 bits per heavy atom. The Balaban J connectivity index is 2.98. The van der Waals surface area contributed by atoms with Crippen LogP contribution in [-0.2, 0) is 0 Å². The Morgan fingerprint density at radius 2 is 1.94 bits per heavy atom. The molecule has 4 nitrogen and oxygen atoms in total. The second kappa shape index (κ2) is 7.10. The van der Waals surface area contributed by atoms with Crippen LogP contribution in [0.1, 0.15) is 38.8 Å². The molecule has 0 radical (unpaired) electrons. The molecule has 2 atom stereocenters. The zero-order valence-electron chi connectivity index (χ0n) is 11.4. The Morgan fingerprint density at radius 3 is 2.39 bits per heavy atom. The van der Waals surface area contributed by atoms with E-state index in [1.54, 1.807) is 12.4 Å². The number of nitriles is 1. The van der Waals surface area contributed by atoms with Crippen molar-refractivity contribution >= 4 is 0 Å². The predicted octanol–water partition coefficient (Wildman–Crippen LogP) is 2.09. The number of hydrogen-bond donors (Lipinski definition) is 1. The van der Waals surface area contributed by atoms with E-state index in [0.29, 0.717) is 12.5 Å². The van der Waals surface area contributed by atoms with E-state index in [4.69, 9.17) is 11.0 Å². The highest BCUT2D eigenvalue weighted by molar-refractivity contribution is 5.17. The normalized spacial score (nSPS) is 14.5. The molecule has 18 heavy (non-hydrogen) atoms. The maximum atomic E-state index is 8.77. The number of nitrogens with two attached hydrogens (primary N) is 1. The van der Waals surface area contributed by atoms with Crippen molar-refractivity contribution in [3.05, 3.63) is 30.1 Å². The molecule has 0 bridgehead atoms. The molecule has 0 aromatic carbocycles. The summed E-state index contributed by atoms with van der Waals surface area (Å²) in [5.74, 6) is 0. The third-order valence-corrected chi connectivity index (χ3v) is 3.05. The van der Waals surface area contributed by atoms with E-state index in [9.17, 15) is 0 Å². The van der Waals surface area contributed by atoms with Gasteiger partial charge < -0.3 is 5.73 Å². The van der Waals surface area contributed by atoms with Crippen molar-refractivity contribution in [3.8, 4) is 6.07 Å². The molecule has 0 saturated carbocycles. The van der Waals surface area contributed by atoms with Crippen LogP contribution in [0.5, 0.6) is 0 Å². The van der Waals surface area contributed by atoms with Gasteiger partial charge >= 0.3 is 0 Å². The molecule has 1 aromatic heterocycles. The van der Waals surface area contributed by atoms with Crippen molar-refractivity contribution < 1.29 is 0 Å². The number of rotatable bonds is 6. The zero-order chi connectivity index (χ0) is 13.5. The van der Waals surface area contributed by atoms with Gasteiger partial charge in [0.05, 0.1) is 12.1 Å². The third-order valence-electron chi connectivity index (χ3n) is 3.05. The minimum Gasteiger partial charge on any atom is -0.326 e. The number of aromatic nitrogens is 1. The fourth-order valence-corrected chi connectivity index (χ4v) is 2.26. The van der Waals surface area contributed by atoms with E-state index in [1.165, 1.54) is 0 Å². The van der Waals surface area contributed by atoms with Gasteiger partial charge in [0.2, 0.25) is 0 Å². The largest absolute Gasteiger partial charge is 0.326 e. The Labute approximate surface area is 109 Å². The van der Waals surface area contributed by atoms with Gasteiger partial charge in [-0.1, -0.05) is 0 Å². The summed E-state index contributed by atoms with van der Waals surface area (Å²) in [4.78, 5) is 6.32. The number of pyridine rings is 1. The average molecular weight is 246 g/mol. The highest BCUT2D eigenvalue weighted by atomic mass is 15.2. The van der Waals surface area contributed by atoms with Crippen LogP contribution in [0.3, 0.4) is 0 Å². The van der Waals surface area contributed by atoms with Gasteiger partial charge in [0.15, 0.2) is 0 Å². The zero-order valence-corrected chi connectivity index (χ0v) is 11.4. The van der Waals surface area contributed by atoms with Gasteiger partial charge in [-0.05, 0) is 38.5 Å². The van der Waals surface area contributed by atoms with Crippen LogP contribution in [0.4, 0.5) is 0 Å². The first-order valence-corrected chi connectivity index (χ1v) is 6.36. The van der Waals surface area contributed by atoms with Crippen LogP contribution in [0, 0.1) is 11.3 Å². The van der Waals surface area contributed by atoms with Gasteiger partial charge in [0.25, 0.3) is 0 Å². The first-order valence-electron chi connectivity index (χ1n) is 6.36. The molecule has 0 amide bonds. The fourth-order valence-electron chi connectivity index (χ4n) is 2.26. The minimum absolute atomic E-state index is 0.00786. The van der Waals surface area contributed by atoms with Crippen LogP contribution in [0.25, 0.3) is 0 Å². The molecule has 0 fully saturated rings. The quantitative estimate of drug-likeness (QED) is 0.834. The summed E-state index contributed by atoms with van der Waals surface area (Å²) in [6, 6.07) is 6.68. The van der Waals surface area contributed by atoms with Gasteiger partial charge in [-0.2, -0.15) is 5.26 Å². The first-order chi connectivity index (χ1) is 8.57. The van der Waals surface area contributed by atoms with Gasteiger partial charge in [0, 0.05) is 37.4 Å². The lowest BCUT2D eigenvalue weighted by Crippen LogP contribution is -2.43. The first kappa shape index (κ1) is 14.6. The van der Waals surface area contributed by atoms with Crippen LogP contribution in [-0.4, -0.2) is 28.5 Å². The summed E-state index contributed by atoms with van der Waals surface area (Å²) in [5.41, 5.74) is 7.29. The lowest BCUT2D eigenvalue weighted by Gasteiger charge is -2.37. The lowest BCUT2D eigenvalue weighted by molar-refractivity contribution is 0.139. The maximum absolute atomic E-state index is 8.77. The van der Waals surface area contributed by atoms with E-state index in [2.05, 4.69) is 29.8 Å². The predicted molar refractivity (Wildman–Crippen MR) is 72.7 cm³/mol. The summed E-state index contributed by atoms with van der Waals surface area (Å²) in [6.45, 7) is 7.01. The topological polar surface area (TPSA) is 65.9 Å². The molecule has 0 aliphatic carbocycles. The lowest BCUT2D eigenvalue weighted by atomic mass is 9.98. The molecule has 1 heterocycles. The Kier molecular flexibility index (Phi) is 5.76. The minimum atomic E-state index is 0.00786. The SMILES string of the molecule is CC(N)C(c1ccncc1)N(CCC#N)C(C)C. The van der Waals surface area contributed by atoms with Crippen molar-refractivity contribution in [1.29, 1.82) is 5.26 Å². The molecule has 0 aliphatic rings. The van der Waals surface area contributed by atoms with Crippen molar-refractivity contribution in [2.75, 3.05) is 6.54 Å². The molecule has 0 spiro atoms. The Hall–Kier alpha value is -1.44. The van der Waals surface area contributed by atoms with Crippen LogP contribution in [0.2, 0.25) is 0 Å². The summed E-state index contributed by atoms with van der Waals surface area (Å²) in [6.07, 6.45) is 4.09. The van der Waals surface area contributed by atoms with E-state index in [0.717, 1.165) is 12.1 Å². The van der Waals surface area contributed by atoms with Crippen molar-refractivity contribution in [3.63, 3.8) is 0 Å². The van der Waals surface area contributed by atoms with Gasteiger partial charge in [0.1, 0.15) is 0 Å². The average Bonchev–Trinajstić information content (AvgIpc) is 2.34. The molecule has 4 heteroatoms. The Bertz CT molecular complexity index is 381. The molecular formula is C14H22N4. The summed E-state index contributed by atoms with van der Waals surface area (Å²) >= 11 is 0. The van der Waals surface area contributed by atoms with Crippen molar-refractivity contribution in [2.24, 2.45) is 5.73 Å². The second-order valence-electron chi connectivity index (χ2n) is 4.82. The molecule has 98 valence electrons. The standard InChI is InChI=1S/C14H22N4/c1-11(2)18(10-4-7-15)14(12(3)16)13-5-8-17-9-6-13/h5-6,8-9,11-12,14H,4,10,16H2,1-3H3. The van der Waals surface area contributed by atoms with E-state index in [1.807, 2.05) is 19.1 Å². The molecular weight excluding hydrogens is 224 g/mol. The molecule has 2 unspecified atom stereocenters. The highest BCUT2D eigenvalue weighted by Gasteiger charge is 2.25. The van der Waals surface area contributed by atoms with Crippen molar-refractivity contribution in [1.82, 2.24) is 9.88 Å². The smallest absolute Gasteiger partial charge is 0.0635 e. The van der Waals surface area contributed by atoms with E-state index < -0.39 is 0 Å². The molecule has 0 aliphatic heterocycles. The van der Waals surface area contributed by atoms with Crippen LogP contribution in [0.15, 0.2) is 24.5 Å². The van der Waals surface area contributed by atoms with E-state index >= 15 is 0 Å². The summed E-state index contributed by atoms with van der Waals surface area (Å²) in [5, 5.41) is 8.77. The molecule has 1 aromatic rings. The summed E-state index contributed by atoms with van der Waals surface area (Å²) < 4.78 is 0. The van der Waals surface area contributed by atoms with Gasteiger partial charge in [-0.15, -0.1) is 0 Å². The van der Waals surface area contributed by atoms with Gasteiger partial charge in [-0.3, -0.25) is 9.88 Å². The third kappa shape index (κ3) is 3.80. The highest BCUT2D eigenvalue weighted by Crippen LogP contribution is 2.25. The number of nitrogens with zero attached hydrogens (tertiary/aromatic N) is 3. The maximum Gasteiger partial charge on any atom is 0.0635 e. The van der Waals surface area contributed by atoms with Crippen LogP contribution >= 0.6 is 0 Å². The van der Waals surface area contributed by atoms with Crippen LogP contribution < -0.4 is 5.73 Å². The second-order valence-corrected chi connectivity index (χ2v) is 4.82.